The van der Waals surface area contributed by atoms with E-state index in [1.807, 2.05) is 0 Å². The van der Waals surface area contributed by atoms with Crippen LogP contribution >= 0.6 is 0 Å². The summed E-state index contributed by atoms with van der Waals surface area (Å²) in [5.74, 6) is 2.73. The zero-order chi connectivity index (χ0) is 18.8. The van der Waals surface area contributed by atoms with Gasteiger partial charge in [0.25, 0.3) is 0 Å². The molecule has 1 atom stereocenters. The first-order chi connectivity index (χ1) is 12.2. The fourth-order valence-electron chi connectivity index (χ4n) is 3.51. The third kappa shape index (κ3) is 11.4. The van der Waals surface area contributed by atoms with Gasteiger partial charge >= 0.3 is 162 Å². The molecule has 0 aromatic heterocycles. The number of terminal acetylenes is 1. The molecule has 0 aromatic carbocycles. The Hall–Kier alpha value is 0.0187. The summed E-state index contributed by atoms with van der Waals surface area (Å²) < 4.78 is 16.3. The molecule has 0 spiro atoms. The summed E-state index contributed by atoms with van der Waals surface area (Å²) in [6.07, 6.45) is 21.1. The van der Waals surface area contributed by atoms with Gasteiger partial charge in [-0.3, -0.25) is 0 Å². The molecule has 0 amide bonds. The summed E-state index contributed by atoms with van der Waals surface area (Å²) in [6.45, 7) is 7.37. The van der Waals surface area contributed by atoms with Crippen molar-refractivity contribution in [3.8, 4) is 12.3 Å². The number of hydrogen-bond donors (Lipinski definition) is 0. The van der Waals surface area contributed by atoms with E-state index in [0.29, 0.717) is 10.9 Å². The van der Waals surface area contributed by atoms with Gasteiger partial charge in [-0.2, -0.15) is 0 Å². The minimum absolute atomic E-state index is 0.352. The van der Waals surface area contributed by atoms with Crippen molar-refractivity contribution in [3.05, 3.63) is 12.2 Å². The van der Waals surface area contributed by atoms with E-state index in [4.69, 9.17) is 15.9 Å². The van der Waals surface area contributed by atoms with E-state index in [1.165, 1.54) is 51.8 Å². The van der Waals surface area contributed by atoms with E-state index in [0.717, 1.165) is 19.3 Å². The second-order valence-corrected chi connectivity index (χ2v) is 20.9. The van der Waals surface area contributed by atoms with Crippen molar-refractivity contribution < 1.29 is 9.47 Å². The molecule has 0 saturated heterocycles. The van der Waals surface area contributed by atoms with Crippen LogP contribution in [-0.2, 0) is 9.47 Å². The molecular formula is C22H42O2Sn. The Morgan fingerprint density at radius 2 is 1.52 bits per heavy atom. The molecule has 0 aromatic rings. The number of allylic oxidation sites excluding steroid dienone is 1. The van der Waals surface area contributed by atoms with Crippen LogP contribution in [0, 0.1) is 12.3 Å². The maximum absolute atomic E-state index is 6.30. The van der Waals surface area contributed by atoms with Crippen LogP contribution in [0.4, 0.5) is 0 Å². The van der Waals surface area contributed by atoms with Gasteiger partial charge in [0.15, 0.2) is 0 Å². The fraction of sp³-hybridized carbons (Fsp3) is 0.818. The molecule has 0 bridgehead atoms. The van der Waals surface area contributed by atoms with Gasteiger partial charge in [-0.15, -0.1) is 0 Å². The zero-order valence-corrected chi connectivity index (χ0v) is 20.2. The Morgan fingerprint density at radius 1 is 0.960 bits per heavy atom. The Bertz CT molecular complexity index is 338. The van der Waals surface area contributed by atoms with Crippen LogP contribution in [0.25, 0.3) is 0 Å². The maximum atomic E-state index is 6.30. The summed E-state index contributed by atoms with van der Waals surface area (Å²) in [5, 5.41) is 0. The van der Waals surface area contributed by atoms with E-state index in [-0.39, 0.29) is 0 Å². The molecule has 0 rings (SSSR count). The summed E-state index contributed by atoms with van der Waals surface area (Å²) in [4.78, 5) is 0. The Morgan fingerprint density at radius 3 is 1.96 bits per heavy atom. The van der Waals surface area contributed by atoms with Crippen LogP contribution in [-0.4, -0.2) is 36.4 Å². The first-order valence-electron chi connectivity index (χ1n) is 10.4. The number of hydrogen-bond acceptors (Lipinski definition) is 2. The summed E-state index contributed by atoms with van der Waals surface area (Å²) in [6, 6.07) is 0. The van der Waals surface area contributed by atoms with E-state index in [9.17, 15) is 0 Å². The molecule has 0 fully saturated rings. The fourth-order valence-corrected chi connectivity index (χ4v) is 19.9. The van der Waals surface area contributed by atoms with E-state index >= 15 is 0 Å². The van der Waals surface area contributed by atoms with Gasteiger partial charge in [0.1, 0.15) is 0 Å². The number of ether oxygens (including phenoxy) is 2. The molecule has 0 aliphatic rings. The monoisotopic (exact) mass is 458 g/mol. The molecule has 2 nitrogen and oxygen atoms in total. The predicted molar refractivity (Wildman–Crippen MR) is 113 cm³/mol. The van der Waals surface area contributed by atoms with Crippen LogP contribution in [0.3, 0.4) is 0 Å². The molecule has 25 heavy (non-hydrogen) atoms. The first kappa shape index (κ1) is 25.0. The summed E-state index contributed by atoms with van der Waals surface area (Å²) >= 11 is -2.43. The second-order valence-electron chi connectivity index (χ2n) is 7.19. The SMILES string of the molecule is C#CCCC/C=C/[C@H](OCOC)[Sn]([CH2]CCC)([CH2]CCC)[CH2]CCC. The molecule has 0 unspecified atom stereocenters. The van der Waals surface area contributed by atoms with Gasteiger partial charge in [-0.25, -0.2) is 0 Å². The zero-order valence-electron chi connectivity index (χ0n) is 17.3. The number of unbranched alkanes of at least 4 members (excludes halogenated alkanes) is 5. The third-order valence-electron chi connectivity index (χ3n) is 5.06. The first-order valence-corrected chi connectivity index (χ1v) is 18.1. The van der Waals surface area contributed by atoms with Crippen molar-refractivity contribution in [2.45, 2.75) is 96.0 Å². The third-order valence-corrected chi connectivity index (χ3v) is 21.1. The van der Waals surface area contributed by atoms with Crippen LogP contribution in [0.2, 0.25) is 13.3 Å². The van der Waals surface area contributed by atoms with E-state index < -0.39 is 18.4 Å². The van der Waals surface area contributed by atoms with Crippen LogP contribution in [0.15, 0.2) is 12.2 Å². The average molecular weight is 457 g/mol. The van der Waals surface area contributed by atoms with Gasteiger partial charge in [0.05, 0.1) is 0 Å². The van der Waals surface area contributed by atoms with Gasteiger partial charge in [0, 0.05) is 0 Å². The molecule has 146 valence electrons. The van der Waals surface area contributed by atoms with Gasteiger partial charge in [-0.05, 0) is 0 Å². The van der Waals surface area contributed by atoms with Crippen LogP contribution < -0.4 is 0 Å². The Labute approximate surface area is 162 Å². The van der Waals surface area contributed by atoms with Gasteiger partial charge in [0.2, 0.25) is 0 Å². The molecule has 0 radical (unpaired) electrons. The van der Waals surface area contributed by atoms with Crippen molar-refractivity contribution in [2.75, 3.05) is 13.9 Å². The topological polar surface area (TPSA) is 18.5 Å². The number of methoxy groups -OCH3 is 1. The molecule has 0 N–H and O–H groups in total. The molecule has 3 heteroatoms. The van der Waals surface area contributed by atoms with Gasteiger partial charge in [-0.1, -0.05) is 0 Å². The molecule has 0 aliphatic heterocycles. The van der Waals surface area contributed by atoms with Crippen LogP contribution in [0.1, 0.15) is 78.6 Å². The van der Waals surface area contributed by atoms with Crippen molar-refractivity contribution in [3.63, 3.8) is 0 Å². The van der Waals surface area contributed by atoms with E-state index in [1.54, 1.807) is 7.11 Å². The summed E-state index contributed by atoms with van der Waals surface area (Å²) in [5.41, 5.74) is 0. The van der Waals surface area contributed by atoms with Crippen molar-refractivity contribution in [1.29, 1.82) is 0 Å². The predicted octanol–water partition coefficient (Wildman–Crippen LogP) is 6.72. The molecule has 0 saturated carbocycles. The molecule has 0 heterocycles. The van der Waals surface area contributed by atoms with Gasteiger partial charge < -0.3 is 0 Å². The van der Waals surface area contributed by atoms with Crippen LogP contribution in [0.5, 0.6) is 0 Å². The minimum atomic E-state index is -2.43. The van der Waals surface area contributed by atoms with Crippen molar-refractivity contribution >= 4 is 18.4 Å². The standard InChI is InChI=1S/C10H15O2.3C4H9.Sn/c1-3-4-5-6-7-8-9-12-10-11-2;3*1-3-4-2;/h1,7-9H,4-6,10H2,2H3;3*1,3-4H2,2H3;/b8-7+;;;;. The Balaban J connectivity index is 5.29. The van der Waals surface area contributed by atoms with E-state index in [2.05, 4.69) is 38.8 Å². The second kappa shape index (κ2) is 17.4. The van der Waals surface area contributed by atoms with Crippen molar-refractivity contribution in [1.82, 2.24) is 0 Å². The average Bonchev–Trinajstić information content (AvgIpc) is 2.64. The molecular weight excluding hydrogens is 415 g/mol. The Kier molecular flexibility index (Phi) is 17.4. The summed E-state index contributed by atoms with van der Waals surface area (Å²) in [7, 11) is 1.73. The van der Waals surface area contributed by atoms with Crippen molar-refractivity contribution in [2.24, 2.45) is 0 Å². The number of rotatable bonds is 17. The molecule has 0 aliphatic carbocycles. The normalized spacial score (nSPS) is 13.2. The quantitative estimate of drug-likeness (QED) is 0.0794.